The predicted molar refractivity (Wildman–Crippen MR) is 80.3 cm³/mol. The van der Waals surface area contributed by atoms with E-state index in [1.807, 2.05) is 24.4 Å². The SMILES string of the molecule is In1cc(-c2ccc(-c3ccccc3)cc2)nn1. The highest BCUT2D eigenvalue weighted by atomic mass is 127. The Morgan fingerprint density at radius 3 is 2.00 bits per heavy atom. The van der Waals surface area contributed by atoms with Crippen LogP contribution in [0, 0.1) is 0 Å². The fourth-order valence-electron chi connectivity index (χ4n) is 1.84. The highest BCUT2D eigenvalue weighted by Gasteiger charge is 2.03. The molecule has 0 aliphatic rings. The van der Waals surface area contributed by atoms with Crippen LogP contribution in [0.15, 0.2) is 60.8 Å². The van der Waals surface area contributed by atoms with Crippen molar-refractivity contribution in [2.45, 2.75) is 0 Å². The van der Waals surface area contributed by atoms with Crippen molar-refractivity contribution in [2.75, 3.05) is 0 Å². The molecule has 2 aromatic carbocycles. The summed E-state index contributed by atoms with van der Waals surface area (Å²) in [5.74, 6) is 0. The number of halogens is 1. The second-order valence-electron chi connectivity index (χ2n) is 3.94. The van der Waals surface area contributed by atoms with E-state index < -0.39 is 0 Å². The first-order valence-corrected chi connectivity index (χ1v) is 6.54. The molecule has 3 aromatic rings. The fraction of sp³-hybridized carbons (Fsp3) is 0. The van der Waals surface area contributed by atoms with Crippen LogP contribution >= 0.6 is 22.9 Å². The van der Waals surface area contributed by atoms with Crippen LogP contribution in [0.3, 0.4) is 0 Å². The molecular weight excluding hydrogens is 337 g/mol. The summed E-state index contributed by atoms with van der Waals surface area (Å²) in [4.78, 5) is 0. The van der Waals surface area contributed by atoms with Crippen LogP contribution in [-0.2, 0) is 0 Å². The van der Waals surface area contributed by atoms with Crippen molar-refractivity contribution in [2.24, 2.45) is 0 Å². The zero-order valence-corrected chi connectivity index (χ0v) is 11.7. The first kappa shape index (κ1) is 11.4. The maximum absolute atomic E-state index is 4.09. The van der Waals surface area contributed by atoms with E-state index in [4.69, 9.17) is 0 Å². The molecule has 0 aliphatic carbocycles. The summed E-state index contributed by atoms with van der Waals surface area (Å²) >= 11 is 2.09. The molecule has 0 bridgehead atoms. The Kier molecular flexibility index (Phi) is 3.10. The molecule has 18 heavy (non-hydrogen) atoms. The van der Waals surface area contributed by atoms with Gasteiger partial charge in [-0.15, -0.1) is 5.10 Å². The van der Waals surface area contributed by atoms with Gasteiger partial charge >= 0.3 is 0 Å². The molecule has 0 atom stereocenters. The average molecular weight is 347 g/mol. The average Bonchev–Trinajstić information content (AvgIpc) is 2.87. The zero-order valence-electron chi connectivity index (χ0n) is 9.49. The van der Waals surface area contributed by atoms with Crippen molar-refractivity contribution in [3.05, 3.63) is 60.8 Å². The van der Waals surface area contributed by atoms with E-state index in [0.717, 1.165) is 11.3 Å². The number of rotatable bonds is 2. The Morgan fingerprint density at radius 1 is 0.778 bits per heavy atom. The van der Waals surface area contributed by atoms with Crippen LogP contribution < -0.4 is 0 Å². The number of benzene rings is 2. The van der Waals surface area contributed by atoms with E-state index in [0.29, 0.717) is 0 Å². The van der Waals surface area contributed by atoms with Gasteiger partial charge in [0.05, 0.1) is 29.1 Å². The lowest BCUT2D eigenvalue weighted by Crippen LogP contribution is -1.80. The normalized spacial score (nSPS) is 10.5. The summed E-state index contributed by atoms with van der Waals surface area (Å²) < 4.78 is 1.68. The maximum atomic E-state index is 4.09. The Morgan fingerprint density at radius 2 is 1.39 bits per heavy atom. The summed E-state index contributed by atoms with van der Waals surface area (Å²) in [5.41, 5.74) is 4.41. The second kappa shape index (κ2) is 4.89. The maximum Gasteiger partial charge on any atom is 0.113 e. The quantitative estimate of drug-likeness (QED) is 0.660. The van der Waals surface area contributed by atoms with Gasteiger partial charge in [0.2, 0.25) is 0 Å². The van der Waals surface area contributed by atoms with Crippen LogP contribution in [-0.4, -0.2) is 13.2 Å². The summed E-state index contributed by atoms with van der Waals surface area (Å²) in [5, 5.41) is 8.02. The molecule has 0 spiro atoms. The van der Waals surface area contributed by atoms with E-state index in [2.05, 4.69) is 69.6 Å². The number of hydrogen-bond acceptors (Lipinski definition) is 2. The van der Waals surface area contributed by atoms with Crippen molar-refractivity contribution >= 4 is 22.9 Å². The molecule has 1 aromatic heterocycles. The Balaban J connectivity index is 1.94. The molecule has 0 aliphatic heterocycles. The van der Waals surface area contributed by atoms with Crippen LogP contribution in [0.1, 0.15) is 0 Å². The molecule has 0 N–H and O–H groups in total. The highest BCUT2D eigenvalue weighted by Crippen LogP contribution is 2.23. The lowest BCUT2D eigenvalue weighted by Gasteiger charge is -2.02. The molecule has 0 unspecified atom stereocenters. The standard InChI is InChI=1S/C14H10IN3/c15-18-10-14(16-17-18)13-8-6-12(7-9-13)11-4-2-1-3-5-11/h1-10H. The topological polar surface area (TPSA) is 30.7 Å². The van der Waals surface area contributed by atoms with Gasteiger partial charge in [0, 0.05) is 5.56 Å². The summed E-state index contributed by atoms with van der Waals surface area (Å²) in [7, 11) is 0. The fourth-order valence-corrected chi connectivity index (χ4v) is 2.20. The molecule has 0 fully saturated rings. The van der Waals surface area contributed by atoms with Gasteiger partial charge in [-0.25, -0.2) is 0 Å². The number of aromatic nitrogens is 3. The summed E-state index contributed by atoms with van der Waals surface area (Å²) in [6, 6.07) is 18.7. The van der Waals surface area contributed by atoms with Gasteiger partial charge in [-0.1, -0.05) is 59.8 Å². The van der Waals surface area contributed by atoms with E-state index >= 15 is 0 Å². The van der Waals surface area contributed by atoms with Gasteiger partial charge in [-0.05, 0) is 11.1 Å². The lowest BCUT2D eigenvalue weighted by atomic mass is 10.0. The molecular formula is C14H10IN3. The molecule has 88 valence electrons. The molecule has 3 nitrogen and oxygen atoms in total. The molecule has 0 saturated heterocycles. The molecule has 0 amide bonds. The van der Waals surface area contributed by atoms with Crippen molar-refractivity contribution in [1.29, 1.82) is 0 Å². The number of hydrogen-bond donors (Lipinski definition) is 0. The molecule has 0 saturated carbocycles. The number of nitrogens with zero attached hydrogens (tertiary/aromatic N) is 3. The van der Waals surface area contributed by atoms with Crippen molar-refractivity contribution in [3.8, 4) is 22.4 Å². The Labute approximate surface area is 119 Å². The first-order chi connectivity index (χ1) is 8.83. The zero-order chi connectivity index (χ0) is 12.4. The second-order valence-corrected chi connectivity index (χ2v) is 4.92. The minimum atomic E-state index is 0.893. The van der Waals surface area contributed by atoms with Crippen LogP contribution in [0.2, 0.25) is 0 Å². The third kappa shape index (κ3) is 2.28. The van der Waals surface area contributed by atoms with Gasteiger partial charge in [-0.2, -0.15) is 2.90 Å². The van der Waals surface area contributed by atoms with E-state index in [1.165, 1.54) is 11.1 Å². The van der Waals surface area contributed by atoms with E-state index in [-0.39, 0.29) is 0 Å². The molecule has 0 radical (unpaired) electrons. The van der Waals surface area contributed by atoms with E-state index in [9.17, 15) is 0 Å². The van der Waals surface area contributed by atoms with Gasteiger partial charge < -0.3 is 0 Å². The monoisotopic (exact) mass is 347 g/mol. The lowest BCUT2D eigenvalue weighted by molar-refractivity contribution is 0.921. The van der Waals surface area contributed by atoms with Crippen molar-refractivity contribution in [1.82, 2.24) is 13.2 Å². The van der Waals surface area contributed by atoms with E-state index in [1.54, 1.807) is 2.90 Å². The van der Waals surface area contributed by atoms with Crippen molar-refractivity contribution in [3.63, 3.8) is 0 Å². The van der Waals surface area contributed by atoms with Gasteiger partial charge in [0.1, 0.15) is 5.69 Å². The van der Waals surface area contributed by atoms with Gasteiger partial charge in [0.25, 0.3) is 0 Å². The van der Waals surface area contributed by atoms with Crippen LogP contribution in [0.25, 0.3) is 22.4 Å². The highest BCUT2D eigenvalue weighted by molar-refractivity contribution is 14.1. The van der Waals surface area contributed by atoms with Crippen LogP contribution in [0.5, 0.6) is 0 Å². The summed E-state index contributed by atoms with van der Waals surface area (Å²) in [6.07, 6.45) is 1.90. The van der Waals surface area contributed by atoms with Crippen LogP contribution in [0.4, 0.5) is 0 Å². The predicted octanol–water partition coefficient (Wildman–Crippen LogP) is 3.81. The smallest absolute Gasteiger partial charge is 0.113 e. The Hall–Kier alpha value is -1.69. The molecule has 4 heteroatoms. The Bertz CT molecular complexity index is 644. The first-order valence-electron chi connectivity index (χ1n) is 5.57. The third-order valence-corrected chi connectivity index (χ3v) is 3.23. The third-order valence-electron chi connectivity index (χ3n) is 2.75. The molecule has 3 rings (SSSR count). The van der Waals surface area contributed by atoms with Gasteiger partial charge in [0.15, 0.2) is 0 Å². The molecule has 1 heterocycles. The minimum absolute atomic E-state index is 0.893. The largest absolute Gasteiger partial charge is 0.191 e. The minimum Gasteiger partial charge on any atom is -0.191 e. The van der Waals surface area contributed by atoms with Crippen molar-refractivity contribution < 1.29 is 0 Å². The van der Waals surface area contributed by atoms with Gasteiger partial charge in [-0.3, -0.25) is 0 Å². The summed E-state index contributed by atoms with van der Waals surface area (Å²) in [6.45, 7) is 0.